The van der Waals surface area contributed by atoms with Crippen LogP contribution in [0.4, 0.5) is 0 Å². The number of likely N-dealkylation sites (tertiary alicyclic amines) is 1. The van der Waals surface area contributed by atoms with E-state index in [1.54, 1.807) is 24.3 Å². The summed E-state index contributed by atoms with van der Waals surface area (Å²) in [6.45, 7) is 9.10. The van der Waals surface area contributed by atoms with Crippen molar-refractivity contribution in [2.24, 2.45) is 0 Å². The largest absolute Gasteiger partial charge is 0.491 e. The number of nitrogens with one attached hydrogen (secondary N) is 1. The van der Waals surface area contributed by atoms with Crippen LogP contribution >= 0.6 is 0 Å². The monoisotopic (exact) mass is 394 g/mol. The van der Waals surface area contributed by atoms with Gasteiger partial charge in [0.05, 0.1) is 6.04 Å². The van der Waals surface area contributed by atoms with Gasteiger partial charge in [0.2, 0.25) is 0 Å². The first-order chi connectivity index (χ1) is 13.8. The molecule has 3 rings (SSSR count). The normalized spacial score (nSPS) is 16.2. The van der Waals surface area contributed by atoms with Crippen molar-refractivity contribution in [2.75, 3.05) is 13.2 Å². The molecule has 29 heavy (non-hydrogen) atoms. The van der Waals surface area contributed by atoms with E-state index < -0.39 is 0 Å². The van der Waals surface area contributed by atoms with Crippen molar-refractivity contribution in [3.8, 4) is 5.75 Å². The molecular formula is C24H30N2O3. The van der Waals surface area contributed by atoms with Gasteiger partial charge in [0.25, 0.3) is 11.8 Å². The Morgan fingerprint density at radius 3 is 2.34 bits per heavy atom. The van der Waals surface area contributed by atoms with Gasteiger partial charge < -0.3 is 15.0 Å². The van der Waals surface area contributed by atoms with Crippen LogP contribution in [0.1, 0.15) is 58.5 Å². The summed E-state index contributed by atoms with van der Waals surface area (Å²) in [6.07, 6.45) is 1.92. The number of benzene rings is 2. The number of carbonyl (C=O) groups excluding carboxylic acids is 2. The van der Waals surface area contributed by atoms with Gasteiger partial charge in [-0.3, -0.25) is 9.59 Å². The van der Waals surface area contributed by atoms with Crippen molar-refractivity contribution in [1.29, 1.82) is 0 Å². The lowest BCUT2D eigenvalue weighted by molar-refractivity contribution is 0.0691. The number of aryl methyl sites for hydroxylation is 2. The minimum absolute atomic E-state index is 0.0623. The minimum Gasteiger partial charge on any atom is -0.491 e. The molecule has 1 fully saturated rings. The zero-order valence-electron chi connectivity index (χ0n) is 17.7. The highest BCUT2D eigenvalue weighted by Gasteiger charge is 2.30. The third-order valence-corrected chi connectivity index (χ3v) is 5.09. The Morgan fingerprint density at radius 2 is 1.72 bits per heavy atom. The van der Waals surface area contributed by atoms with Crippen LogP contribution in [0, 0.1) is 13.8 Å². The van der Waals surface area contributed by atoms with Crippen molar-refractivity contribution in [2.45, 2.75) is 52.6 Å². The molecule has 154 valence electrons. The topological polar surface area (TPSA) is 58.6 Å². The van der Waals surface area contributed by atoms with E-state index in [4.69, 9.17) is 4.74 Å². The molecule has 2 aromatic carbocycles. The van der Waals surface area contributed by atoms with Gasteiger partial charge >= 0.3 is 0 Å². The highest BCUT2D eigenvalue weighted by Crippen LogP contribution is 2.23. The molecule has 0 spiro atoms. The van der Waals surface area contributed by atoms with Crippen molar-refractivity contribution in [3.63, 3.8) is 0 Å². The lowest BCUT2D eigenvalue weighted by atomic mass is 10.1. The van der Waals surface area contributed by atoms with Crippen molar-refractivity contribution in [3.05, 3.63) is 64.7 Å². The standard InChI is InChI=1S/C24H30N2O3/c1-16(2)25-23(27)19-7-9-22(10-8-19)29-15-21-6-5-11-26(21)24(28)20-13-17(3)12-18(4)14-20/h7-10,12-14,16,21H,5-6,11,15H2,1-4H3,(H,25,27)/t21-/m0/s1. The summed E-state index contributed by atoms with van der Waals surface area (Å²) >= 11 is 0. The highest BCUT2D eigenvalue weighted by molar-refractivity contribution is 5.95. The molecule has 2 aromatic rings. The van der Waals surface area contributed by atoms with Gasteiger partial charge in [-0.05, 0) is 76.9 Å². The quantitative estimate of drug-likeness (QED) is 0.802. The van der Waals surface area contributed by atoms with E-state index in [1.807, 2.05) is 44.7 Å². The number of ether oxygens (including phenoxy) is 1. The Balaban J connectivity index is 1.61. The first-order valence-corrected chi connectivity index (χ1v) is 10.3. The number of amides is 2. The first kappa shape index (κ1) is 20.9. The Bertz CT molecular complexity index is 854. The van der Waals surface area contributed by atoms with Crippen LogP contribution in [0.5, 0.6) is 5.75 Å². The van der Waals surface area contributed by atoms with Crippen LogP contribution < -0.4 is 10.1 Å². The van der Waals surface area contributed by atoms with E-state index in [-0.39, 0.29) is 23.9 Å². The maximum atomic E-state index is 13.0. The molecule has 5 heteroatoms. The predicted octanol–water partition coefficient (Wildman–Crippen LogP) is 4.13. The third-order valence-electron chi connectivity index (χ3n) is 5.09. The second-order valence-electron chi connectivity index (χ2n) is 8.13. The summed E-state index contributed by atoms with van der Waals surface area (Å²) < 4.78 is 5.94. The molecule has 0 aliphatic carbocycles. The Kier molecular flexibility index (Phi) is 6.57. The van der Waals surface area contributed by atoms with Crippen molar-refractivity contribution in [1.82, 2.24) is 10.2 Å². The minimum atomic E-state index is -0.0902. The maximum Gasteiger partial charge on any atom is 0.254 e. The molecule has 1 N–H and O–H groups in total. The van der Waals surface area contributed by atoms with Gasteiger partial charge in [-0.25, -0.2) is 0 Å². The van der Waals surface area contributed by atoms with Crippen LogP contribution in [-0.4, -0.2) is 41.9 Å². The molecular weight excluding hydrogens is 364 g/mol. The number of hydrogen-bond acceptors (Lipinski definition) is 3. The fraction of sp³-hybridized carbons (Fsp3) is 0.417. The Morgan fingerprint density at radius 1 is 1.07 bits per heavy atom. The van der Waals surface area contributed by atoms with Gasteiger partial charge in [-0.15, -0.1) is 0 Å². The van der Waals surface area contributed by atoms with Gasteiger partial charge in [0, 0.05) is 23.7 Å². The van der Waals surface area contributed by atoms with E-state index in [1.165, 1.54) is 0 Å². The van der Waals surface area contributed by atoms with Gasteiger partial charge in [-0.1, -0.05) is 17.2 Å². The average Bonchev–Trinajstić information content (AvgIpc) is 3.13. The SMILES string of the molecule is Cc1cc(C)cc(C(=O)N2CCC[C@H]2COc2ccc(C(=O)NC(C)C)cc2)c1. The molecule has 0 unspecified atom stereocenters. The summed E-state index contributed by atoms with van der Waals surface area (Å²) in [7, 11) is 0. The number of rotatable bonds is 6. The second kappa shape index (κ2) is 9.12. The number of carbonyl (C=O) groups is 2. The molecule has 0 aromatic heterocycles. The second-order valence-corrected chi connectivity index (χ2v) is 8.13. The maximum absolute atomic E-state index is 13.0. The third kappa shape index (κ3) is 5.37. The van der Waals surface area contributed by atoms with E-state index >= 15 is 0 Å². The molecule has 2 amide bonds. The molecule has 1 aliphatic heterocycles. The molecule has 0 radical (unpaired) electrons. The van der Waals surface area contributed by atoms with Gasteiger partial charge in [0.15, 0.2) is 0 Å². The summed E-state index contributed by atoms with van der Waals surface area (Å²) in [5, 5.41) is 2.87. The van der Waals surface area contributed by atoms with Crippen LogP contribution in [0.25, 0.3) is 0 Å². The Hall–Kier alpha value is -2.82. The first-order valence-electron chi connectivity index (χ1n) is 10.3. The zero-order chi connectivity index (χ0) is 21.0. The lowest BCUT2D eigenvalue weighted by Crippen LogP contribution is -2.39. The highest BCUT2D eigenvalue weighted by atomic mass is 16.5. The van der Waals surface area contributed by atoms with Crippen molar-refractivity contribution < 1.29 is 14.3 Å². The van der Waals surface area contributed by atoms with Crippen LogP contribution in [-0.2, 0) is 0 Å². The van der Waals surface area contributed by atoms with Crippen LogP contribution in [0.3, 0.4) is 0 Å². The smallest absolute Gasteiger partial charge is 0.254 e. The van der Waals surface area contributed by atoms with Crippen LogP contribution in [0.15, 0.2) is 42.5 Å². The predicted molar refractivity (Wildman–Crippen MR) is 115 cm³/mol. The number of nitrogens with zero attached hydrogens (tertiary/aromatic N) is 1. The lowest BCUT2D eigenvalue weighted by Gasteiger charge is -2.25. The van der Waals surface area contributed by atoms with Gasteiger partial charge in [0.1, 0.15) is 12.4 Å². The fourth-order valence-electron chi connectivity index (χ4n) is 3.78. The van der Waals surface area contributed by atoms with Crippen molar-refractivity contribution >= 4 is 11.8 Å². The fourth-order valence-corrected chi connectivity index (χ4v) is 3.78. The van der Waals surface area contributed by atoms with E-state index in [2.05, 4.69) is 11.4 Å². The molecule has 5 nitrogen and oxygen atoms in total. The molecule has 1 heterocycles. The molecule has 0 bridgehead atoms. The van der Waals surface area contributed by atoms with E-state index in [0.29, 0.717) is 17.9 Å². The average molecular weight is 395 g/mol. The molecule has 1 saturated heterocycles. The van der Waals surface area contributed by atoms with Crippen LogP contribution in [0.2, 0.25) is 0 Å². The zero-order valence-corrected chi connectivity index (χ0v) is 17.7. The van der Waals surface area contributed by atoms with E-state index in [9.17, 15) is 9.59 Å². The Labute approximate surface area is 173 Å². The summed E-state index contributed by atoms with van der Waals surface area (Å²) in [6, 6.07) is 13.3. The van der Waals surface area contributed by atoms with E-state index in [0.717, 1.165) is 36.1 Å². The summed E-state index contributed by atoms with van der Waals surface area (Å²) in [5.74, 6) is 0.688. The molecule has 0 saturated carbocycles. The summed E-state index contributed by atoms with van der Waals surface area (Å²) in [5.41, 5.74) is 3.55. The number of hydrogen-bond donors (Lipinski definition) is 1. The van der Waals surface area contributed by atoms with Gasteiger partial charge in [-0.2, -0.15) is 0 Å². The molecule has 1 aliphatic rings. The summed E-state index contributed by atoms with van der Waals surface area (Å²) in [4.78, 5) is 27.0. The molecule has 1 atom stereocenters.